The molecule has 1 aromatic carbocycles. The number of aryl methyl sites for hydroxylation is 1. The van der Waals surface area contributed by atoms with Crippen molar-refractivity contribution in [3.63, 3.8) is 0 Å². The summed E-state index contributed by atoms with van der Waals surface area (Å²) < 4.78 is 2.76. The van der Waals surface area contributed by atoms with E-state index in [0.717, 1.165) is 20.9 Å². The van der Waals surface area contributed by atoms with Gasteiger partial charge in [-0.15, -0.1) is 21.5 Å². The molecule has 0 saturated heterocycles. The van der Waals surface area contributed by atoms with Gasteiger partial charge in [0.1, 0.15) is 6.33 Å². The molecule has 2 aromatic heterocycles. The molecule has 3 rings (SSSR count). The number of rotatable bonds is 3. The highest BCUT2D eigenvalue weighted by Crippen LogP contribution is 2.24. The van der Waals surface area contributed by atoms with E-state index < -0.39 is 0 Å². The number of nitrogens with one attached hydrogen (secondary N) is 1. The molecule has 106 valence electrons. The van der Waals surface area contributed by atoms with E-state index in [2.05, 4.69) is 31.4 Å². The lowest BCUT2D eigenvalue weighted by Gasteiger charge is -2.06. The number of carbonyl (C=O) groups excluding carboxylic acids is 1. The molecule has 0 bridgehead atoms. The van der Waals surface area contributed by atoms with Crippen LogP contribution in [0.15, 0.2) is 46.5 Å². The van der Waals surface area contributed by atoms with Crippen LogP contribution < -0.4 is 5.32 Å². The number of anilines is 1. The van der Waals surface area contributed by atoms with Crippen molar-refractivity contribution in [3.8, 4) is 11.4 Å². The van der Waals surface area contributed by atoms with E-state index >= 15 is 0 Å². The first-order chi connectivity index (χ1) is 10.1. The molecule has 7 heteroatoms. The summed E-state index contributed by atoms with van der Waals surface area (Å²) >= 11 is 4.75. The van der Waals surface area contributed by atoms with Crippen molar-refractivity contribution in [1.82, 2.24) is 14.8 Å². The average molecular weight is 363 g/mol. The third-order valence-corrected chi connectivity index (χ3v) is 4.51. The van der Waals surface area contributed by atoms with Gasteiger partial charge in [-0.3, -0.25) is 4.79 Å². The van der Waals surface area contributed by atoms with E-state index in [4.69, 9.17) is 0 Å². The monoisotopic (exact) mass is 362 g/mol. The Bertz CT molecular complexity index is 796. The van der Waals surface area contributed by atoms with Gasteiger partial charge in [0.25, 0.3) is 5.91 Å². The lowest BCUT2D eigenvalue weighted by atomic mass is 10.2. The molecule has 21 heavy (non-hydrogen) atoms. The fraction of sp³-hybridized carbons (Fsp3) is 0.0714. The van der Waals surface area contributed by atoms with Crippen LogP contribution in [0, 0.1) is 0 Å². The maximum Gasteiger partial charge on any atom is 0.265 e. The van der Waals surface area contributed by atoms with Crippen LogP contribution in [0.5, 0.6) is 0 Å². The molecule has 0 aliphatic rings. The van der Waals surface area contributed by atoms with Crippen molar-refractivity contribution in [2.45, 2.75) is 0 Å². The van der Waals surface area contributed by atoms with Gasteiger partial charge in [0.05, 0.1) is 8.66 Å². The molecule has 1 amide bonds. The number of amides is 1. The predicted octanol–water partition coefficient (Wildman–Crippen LogP) is 3.56. The predicted molar refractivity (Wildman–Crippen MR) is 86.4 cm³/mol. The van der Waals surface area contributed by atoms with E-state index in [1.165, 1.54) is 11.3 Å². The summed E-state index contributed by atoms with van der Waals surface area (Å²) in [7, 11) is 1.88. The lowest BCUT2D eigenvalue weighted by Crippen LogP contribution is -2.10. The van der Waals surface area contributed by atoms with Gasteiger partial charge in [-0.05, 0) is 40.2 Å². The number of carbonyl (C=O) groups is 1. The fourth-order valence-electron chi connectivity index (χ4n) is 1.91. The zero-order chi connectivity index (χ0) is 14.8. The molecule has 0 aliphatic heterocycles. The van der Waals surface area contributed by atoms with Gasteiger partial charge >= 0.3 is 0 Å². The van der Waals surface area contributed by atoms with E-state index in [0.29, 0.717) is 4.88 Å². The molecule has 1 N–H and O–H groups in total. The smallest absolute Gasteiger partial charge is 0.265 e. The SMILES string of the molecule is Cn1cnnc1-c1cccc(NC(=O)c2ccc(Br)s2)c1. The summed E-state index contributed by atoms with van der Waals surface area (Å²) in [5, 5.41) is 10.8. The highest BCUT2D eigenvalue weighted by atomic mass is 79.9. The van der Waals surface area contributed by atoms with E-state index in [1.54, 1.807) is 12.4 Å². The summed E-state index contributed by atoms with van der Waals surface area (Å²) in [6.07, 6.45) is 1.64. The third kappa shape index (κ3) is 3.03. The topological polar surface area (TPSA) is 59.8 Å². The van der Waals surface area contributed by atoms with Crippen LogP contribution in [-0.2, 0) is 7.05 Å². The van der Waals surface area contributed by atoms with Gasteiger partial charge in [0.2, 0.25) is 0 Å². The Morgan fingerprint density at radius 1 is 1.33 bits per heavy atom. The van der Waals surface area contributed by atoms with Gasteiger partial charge in [-0.1, -0.05) is 12.1 Å². The van der Waals surface area contributed by atoms with Crippen LogP contribution in [0.25, 0.3) is 11.4 Å². The summed E-state index contributed by atoms with van der Waals surface area (Å²) in [5.74, 6) is 0.630. The molecule has 0 saturated carbocycles. The third-order valence-electron chi connectivity index (χ3n) is 2.89. The highest BCUT2D eigenvalue weighted by Gasteiger charge is 2.10. The summed E-state index contributed by atoms with van der Waals surface area (Å²) in [6, 6.07) is 11.2. The van der Waals surface area contributed by atoms with Crippen LogP contribution in [0.4, 0.5) is 5.69 Å². The van der Waals surface area contributed by atoms with Crippen LogP contribution >= 0.6 is 27.3 Å². The second kappa shape index (κ2) is 5.79. The lowest BCUT2D eigenvalue weighted by molar-refractivity contribution is 0.103. The van der Waals surface area contributed by atoms with E-state index in [1.807, 2.05) is 41.9 Å². The molecule has 2 heterocycles. The van der Waals surface area contributed by atoms with Crippen LogP contribution in [-0.4, -0.2) is 20.7 Å². The molecule has 0 unspecified atom stereocenters. The first-order valence-corrected chi connectivity index (χ1v) is 7.75. The Labute approximate surface area is 133 Å². The van der Waals surface area contributed by atoms with Crippen LogP contribution in [0.3, 0.4) is 0 Å². The van der Waals surface area contributed by atoms with E-state index in [-0.39, 0.29) is 5.91 Å². The van der Waals surface area contributed by atoms with Gasteiger partial charge in [0.15, 0.2) is 5.82 Å². The molecular formula is C14H11BrN4OS. The summed E-state index contributed by atoms with van der Waals surface area (Å²) in [5.41, 5.74) is 1.63. The highest BCUT2D eigenvalue weighted by molar-refractivity contribution is 9.11. The fourth-order valence-corrected chi connectivity index (χ4v) is 3.19. The molecule has 0 aliphatic carbocycles. The summed E-state index contributed by atoms with van der Waals surface area (Å²) in [4.78, 5) is 12.8. The Kier molecular flexibility index (Phi) is 3.85. The normalized spacial score (nSPS) is 10.6. The second-order valence-electron chi connectivity index (χ2n) is 4.40. The maximum absolute atomic E-state index is 12.1. The molecule has 0 radical (unpaired) electrons. The van der Waals surface area contributed by atoms with Crippen molar-refractivity contribution < 1.29 is 4.79 Å². The number of hydrogen-bond acceptors (Lipinski definition) is 4. The first kappa shape index (κ1) is 14.0. The van der Waals surface area contributed by atoms with Crippen LogP contribution in [0.2, 0.25) is 0 Å². The van der Waals surface area contributed by atoms with Gasteiger partial charge in [-0.2, -0.15) is 0 Å². The molecule has 5 nitrogen and oxygen atoms in total. The zero-order valence-electron chi connectivity index (χ0n) is 11.1. The zero-order valence-corrected chi connectivity index (χ0v) is 13.5. The molecule has 3 aromatic rings. The van der Waals surface area contributed by atoms with Crippen molar-refractivity contribution in [2.24, 2.45) is 7.05 Å². The van der Waals surface area contributed by atoms with Crippen molar-refractivity contribution in [1.29, 1.82) is 0 Å². The largest absolute Gasteiger partial charge is 0.321 e. The van der Waals surface area contributed by atoms with Crippen molar-refractivity contribution in [3.05, 3.63) is 51.4 Å². The maximum atomic E-state index is 12.1. The van der Waals surface area contributed by atoms with Gasteiger partial charge < -0.3 is 9.88 Å². The minimum atomic E-state index is -0.124. The molecule has 0 atom stereocenters. The van der Waals surface area contributed by atoms with Crippen molar-refractivity contribution >= 4 is 38.9 Å². The number of aromatic nitrogens is 3. The second-order valence-corrected chi connectivity index (χ2v) is 6.87. The van der Waals surface area contributed by atoms with Crippen molar-refractivity contribution in [2.75, 3.05) is 5.32 Å². The molecular weight excluding hydrogens is 352 g/mol. The quantitative estimate of drug-likeness (QED) is 0.774. The minimum Gasteiger partial charge on any atom is -0.321 e. The standard InChI is InChI=1S/C14H11BrN4OS/c1-19-8-16-18-13(19)9-3-2-4-10(7-9)17-14(20)11-5-6-12(15)21-11/h2-8H,1H3,(H,17,20). The number of benzene rings is 1. The Morgan fingerprint density at radius 2 is 2.19 bits per heavy atom. The molecule has 0 spiro atoms. The number of nitrogens with zero attached hydrogens (tertiary/aromatic N) is 3. The van der Waals surface area contributed by atoms with E-state index in [9.17, 15) is 4.79 Å². The average Bonchev–Trinajstić information content (AvgIpc) is 3.08. The van der Waals surface area contributed by atoms with Crippen LogP contribution in [0.1, 0.15) is 9.67 Å². The number of thiophene rings is 1. The summed E-state index contributed by atoms with van der Waals surface area (Å²) in [6.45, 7) is 0. The Hall–Kier alpha value is -1.99. The number of halogens is 1. The van der Waals surface area contributed by atoms with Gasteiger partial charge in [-0.25, -0.2) is 0 Å². The Morgan fingerprint density at radius 3 is 2.86 bits per heavy atom. The first-order valence-electron chi connectivity index (χ1n) is 6.14. The van der Waals surface area contributed by atoms with Gasteiger partial charge in [0, 0.05) is 18.3 Å². The number of hydrogen-bond donors (Lipinski definition) is 1. The molecule has 0 fully saturated rings. The minimum absolute atomic E-state index is 0.124. The Balaban J connectivity index is 1.84.